The van der Waals surface area contributed by atoms with E-state index in [9.17, 15) is 22.8 Å². The number of urea groups is 1. The first-order valence-electron chi connectivity index (χ1n) is 11.2. The number of amides is 3. The van der Waals surface area contributed by atoms with Crippen molar-refractivity contribution in [2.75, 3.05) is 13.6 Å². The maximum absolute atomic E-state index is 13.0. The molecule has 0 unspecified atom stereocenters. The molecule has 2 atom stereocenters. The third kappa shape index (κ3) is 6.49. The zero-order valence-corrected chi connectivity index (χ0v) is 20.9. The summed E-state index contributed by atoms with van der Waals surface area (Å²) in [4.78, 5) is 33.8. The molecule has 9 nitrogen and oxygen atoms in total. The highest BCUT2D eigenvalue weighted by atomic mass is 19.4. The van der Waals surface area contributed by atoms with E-state index in [1.54, 1.807) is 34.7 Å². The smallest absolute Gasteiger partial charge is 0.444 e. The second kappa shape index (κ2) is 10.1. The molecule has 2 aromatic rings. The molecule has 0 fully saturated rings. The minimum absolute atomic E-state index is 0.0566. The van der Waals surface area contributed by atoms with E-state index < -0.39 is 41.8 Å². The van der Waals surface area contributed by atoms with Crippen molar-refractivity contribution in [3.05, 3.63) is 59.2 Å². The van der Waals surface area contributed by atoms with Gasteiger partial charge in [-0.15, -0.1) is 0 Å². The molecule has 12 heteroatoms. The van der Waals surface area contributed by atoms with Gasteiger partial charge in [0.2, 0.25) is 5.82 Å². The molecule has 0 radical (unpaired) electrons. The number of hydrogen-bond donors (Lipinski definition) is 1. The summed E-state index contributed by atoms with van der Waals surface area (Å²) in [7, 11) is 1.58. The van der Waals surface area contributed by atoms with Crippen LogP contribution in [0.3, 0.4) is 0 Å². The third-order valence-corrected chi connectivity index (χ3v) is 5.39. The molecular formula is C24H29F3N6O3. The van der Waals surface area contributed by atoms with Gasteiger partial charge >= 0.3 is 18.3 Å². The van der Waals surface area contributed by atoms with E-state index in [4.69, 9.17) is 4.74 Å². The molecule has 0 bridgehead atoms. The maximum atomic E-state index is 13.0. The number of halogens is 3. The van der Waals surface area contributed by atoms with Crippen molar-refractivity contribution in [1.82, 2.24) is 25.2 Å². The molecular weight excluding hydrogens is 477 g/mol. The molecule has 0 spiro atoms. The zero-order chi connectivity index (χ0) is 26.8. The number of ether oxygens (including phenoxy) is 1. The van der Waals surface area contributed by atoms with Crippen LogP contribution in [-0.2, 0) is 10.9 Å². The number of aryl methyl sites for hydroxylation is 1. The number of hydrogen-bond acceptors (Lipinski definition) is 6. The van der Waals surface area contributed by atoms with Crippen molar-refractivity contribution in [3.8, 4) is 0 Å². The van der Waals surface area contributed by atoms with E-state index in [1.807, 2.05) is 31.2 Å². The lowest BCUT2D eigenvalue weighted by molar-refractivity contribution is -0.145. The molecule has 0 saturated heterocycles. The topological polar surface area (TPSA) is 100 Å². The lowest BCUT2D eigenvalue weighted by Crippen LogP contribution is -2.47. The molecule has 1 aromatic heterocycles. The largest absolute Gasteiger partial charge is 0.451 e. The van der Waals surface area contributed by atoms with Gasteiger partial charge < -0.3 is 15.0 Å². The summed E-state index contributed by atoms with van der Waals surface area (Å²) in [5.74, 6) is -1.26. The Labute approximate surface area is 207 Å². The standard InChI is InChI=1S/C24H29F3N6O3/c1-14-7-9-16(10-8-14)19-18(32(6)22(35)36-23(3,4)5)13-33(31-19)21(34)30-15(2)17-11-28-20(29-12-17)24(25,26)27/h7-12,15,18H,13H2,1-6H3,(H,30,34)/t15-,18-/m1/s1. The Morgan fingerprint density at radius 1 is 1.14 bits per heavy atom. The van der Waals surface area contributed by atoms with Crippen molar-refractivity contribution in [1.29, 1.82) is 0 Å². The number of aromatic nitrogens is 2. The number of hydrazone groups is 1. The van der Waals surface area contributed by atoms with Gasteiger partial charge in [0.05, 0.1) is 24.3 Å². The number of alkyl halides is 3. The lowest BCUT2D eigenvalue weighted by atomic mass is 10.0. The molecule has 194 valence electrons. The predicted molar refractivity (Wildman–Crippen MR) is 126 cm³/mol. The highest BCUT2D eigenvalue weighted by Gasteiger charge is 2.38. The quantitative estimate of drug-likeness (QED) is 0.657. The van der Waals surface area contributed by atoms with E-state index in [0.717, 1.165) is 23.5 Å². The average Bonchev–Trinajstić information content (AvgIpc) is 3.23. The van der Waals surface area contributed by atoms with Gasteiger partial charge in [0.15, 0.2) is 0 Å². The first-order chi connectivity index (χ1) is 16.7. The molecule has 1 aliphatic heterocycles. The van der Waals surface area contributed by atoms with Gasteiger partial charge in [-0.2, -0.15) is 18.3 Å². The van der Waals surface area contributed by atoms with Gasteiger partial charge in [-0.25, -0.2) is 24.6 Å². The Kier molecular flexibility index (Phi) is 7.56. The lowest BCUT2D eigenvalue weighted by Gasteiger charge is -2.29. The SMILES string of the molecule is Cc1ccc(C2=NN(C(=O)N[C@H](C)c3cnc(C(F)(F)F)nc3)C[C@H]2N(C)C(=O)OC(C)(C)C)cc1. The van der Waals surface area contributed by atoms with E-state index in [0.29, 0.717) is 11.3 Å². The van der Waals surface area contributed by atoms with Crippen LogP contribution < -0.4 is 5.32 Å². The Morgan fingerprint density at radius 3 is 2.25 bits per heavy atom. The molecule has 0 aliphatic carbocycles. The molecule has 0 saturated carbocycles. The summed E-state index contributed by atoms with van der Waals surface area (Å²) >= 11 is 0. The van der Waals surface area contributed by atoms with Crippen LogP contribution in [0.4, 0.5) is 22.8 Å². The summed E-state index contributed by atoms with van der Waals surface area (Å²) in [6.07, 6.45) is -3.18. The van der Waals surface area contributed by atoms with Crippen molar-refractivity contribution in [3.63, 3.8) is 0 Å². The molecule has 2 heterocycles. The number of nitrogens with one attached hydrogen (secondary N) is 1. The van der Waals surface area contributed by atoms with E-state index >= 15 is 0 Å². The molecule has 3 rings (SSSR count). The summed E-state index contributed by atoms with van der Waals surface area (Å²) in [5, 5.41) is 8.34. The van der Waals surface area contributed by atoms with E-state index in [1.165, 1.54) is 9.91 Å². The van der Waals surface area contributed by atoms with Crippen molar-refractivity contribution in [2.45, 2.75) is 58.5 Å². The second-order valence-corrected chi connectivity index (χ2v) is 9.55. The highest BCUT2D eigenvalue weighted by Crippen LogP contribution is 2.26. The molecule has 1 aliphatic rings. The van der Waals surface area contributed by atoms with Crippen LogP contribution >= 0.6 is 0 Å². The predicted octanol–water partition coefficient (Wildman–Crippen LogP) is 4.53. The second-order valence-electron chi connectivity index (χ2n) is 9.55. The summed E-state index contributed by atoms with van der Waals surface area (Å²) in [6.45, 7) is 8.86. The number of carbonyl (C=O) groups excluding carboxylic acids is 2. The number of carbonyl (C=O) groups is 2. The van der Waals surface area contributed by atoms with Gasteiger partial charge in [-0.3, -0.25) is 0 Å². The van der Waals surface area contributed by atoms with Gasteiger partial charge in [-0.1, -0.05) is 29.8 Å². The summed E-state index contributed by atoms with van der Waals surface area (Å²) < 4.78 is 43.7. The van der Waals surface area contributed by atoms with Crippen LogP contribution in [-0.4, -0.2) is 62.9 Å². The summed E-state index contributed by atoms with van der Waals surface area (Å²) in [6, 6.07) is 5.64. The minimum atomic E-state index is -4.66. The van der Waals surface area contributed by atoms with Crippen molar-refractivity contribution in [2.24, 2.45) is 5.10 Å². The Hall–Kier alpha value is -3.70. The average molecular weight is 507 g/mol. The monoisotopic (exact) mass is 506 g/mol. The summed E-state index contributed by atoms with van der Waals surface area (Å²) in [5.41, 5.74) is 1.86. The Balaban J connectivity index is 1.80. The maximum Gasteiger partial charge on any atom is 0.451 e. The molecule has 3 amide bonds. The minimum Gasteiger partial charge on any atom is -0.444 e. The van der Waals surface area contributed by atoms with Crippen molar-refractivity contribution < 1.29 is 27.5 Å². The molecule has 1 N–H and O–H groups in total. The Bertz CT molecular complexity index is 1130. The highest BCUT2D eigenvalue weighted by molar-refractivity contribution is 6.07. The normalized spacial score (nSPS) is 16.9. The third-order valence-electron chi connectivity index (χ3n) is 5.39. The van der Waals surface area contributed by atoms with Crippen LogP contribution in [0, 0.1) is 6.92 Å². The number of nitrogens with zero attached hydrogens (tertiary/aromatic N) is 5. The first-order valence-corrected chi connectivity index (χ1v) is 11.2. The fraction of sp³-hybridized carbons (Fsp3) is 0.458. The first kappa shape index (κ1) is 26.9. The van der Waals surface area contributed by atoms with Crippen LogP contribution in [0.1, 0.15) is 56.3 Å². The van der Waals surface area contributed by atoms with E-state index in [-0.39, 0.29) is 6.54 Å². The number of likely N-dealkylation sites (N-methyl/N-ethyl adjacent to an activating group) is 1. The Morgan fingerprint density at radius 2 is 1.72 bits per heavy atom. The van der Waals surface area contributed by atoms with Gasteiger partial charge in [0, 0.05) is 25.0 Å². The zero-order valence-electron chi connectivity index (χ0n) is 20.9. The van der Waals surface area contributed by atoms with Gasteiger partial charge in [0.25, 0.3) is 0 Å². The van der Waals surface area contributed by atoms with Crippen LogP contribution in [0.25, 0.3) is 0 Å². The van der Waals surface area contributed by atoms with Crippen LogP contribution in [0.15, 0.2) is 41.8 Å². The fourth-order valence-corrected chi connectivity index (χ4v) is 3.41. The van der Waals surface area contributed by atoms with Crippen LogP contribution in [0.5, 0.6) is 0 Å². The van der Waals surface area contributed by atoms with Gasteiger partial charge in [0.1, 0.15) is 5.60 Å². The van der Waals surface area contributed by atoms with Crippen LogP contribution in [0.2, 0.25) is 0 Å². The van der Waals surface area contributed by atoms with E-state index in [2.05, 4.69) is 20.4 Å². The van der Waals surface area contributed by atoms with Crippen molar-refractivity contribution >= 4 is 17.8 Å². The number of benzene rings is 1. The van der Waals surface area contributed by atoms with Gasteiger partial charge in [-0.05, 0) is 40.2 Å². The number of rotatable bonds is 4. The molecule has 1 aromatic carbocycles. The fourth-order valence-electron chi connectivity index (χ4n) is 3.41. The molecule has 36 heavy (non-hydrogen) atoms.